The average molecular weight is 516 g/mol. The Hall–Kier alpha value is -2.54. The summed E-state index contributed by atoms with van der Waals surface area (Å²) in [5.74, 6) is 0. The maximum Gasteiger partial charge on any atom is 0.192 e. The maximum atomic E-state index is 11.5. The molecular formula is C31H41N3O2Si. The Balaban J connectivity index is 1.61. The van der Waals surface area contributed by atoms with E-state index in [4.69, 9.17) is 9.52 Å². The van der Waals surface area contributed by atoms with Gasteiger partial charge in [-0.2, -0.15) is 5.10 Å². The molecule has 5 rings (SSSR count). The molecule has 1 aromatic carbocycles. The first-order valence-corrected chi connectivity index (χ1v) is 16.6. The van der Waals surface area contributed by atoms with Crippen molar-refractivity contribution in [2.45, 2.75) is 89.6 Å². The first kappa shape index (κ1) is 26.1. The minimum absolute atomic E-state index is 0.155. The van der Waals surface area contributed by atoms with Crippen LogP contribution < -0.4 is 0 Å². The van der Waals surface area contributed by atoms with E-state index in [0.29, 0.717) is 6.42 Å². The number of hydrogen-bond donors (Lipinski definition) is 1. The van der Waals surface area contributed by atoms with Crippen molar-refractivity contribution in [3.05, 3.63) is 83.4 Å². The summed E-state index contributed by atoms with van der Waals surface area (Å²) in [5.41, 5.74) is 5.16. The van der Waals surface area contributed by atoms with Gasteiger partial charge in [0, 0.05) is 18.0 Å². The lowest BCUT2D eigenvalue weighted by atomic mass is 9.62. The number of benzene rings is 1. The average Bonchev–Trinajstić information content (AvgIpc) is 3.50. The molecule has 2 aromatic heterocycles. The summed E-state index contributed by atoms with van der Waals surface area (Å²) in [6.45, 7) is 9.21. The van der Waals surface area contributed by atoms with E-state index in [1.807, 2.05) is 24.3 Å². The number of nitrogens with zero attached hydrogens (tertiary/aromatic N) is 3. The van der Waals surface area contributed by atoms with Crippen molar-refractivity contribution in [3.63, 3.8) is 0 Å². The van der Waals surface area contributed by atoms with E-state index < -0.39 is 20.0 Å². The van der Waals surface area contributed by atoms with Crippen molar-refractivity contribution in [2.24, 2.45) is 5.41 Å². The van der Waals surface area contributed by atoms with Crippen molar-refractivity contribution in [2.75, 3.05) is 0 Å². The van der Waals surface area contributed by atoms with Crippen LogP contribution in [0.4, 0.5) is 0 Å². The summed E-state index contributed by atoms with van der Waals surface area (Å²) in [6, 6.07) is 19.5. The Morgan fingerprint density at radius 2 is 1.76 bits per heavy atom. The number of rotatable bonds is 10. The van der Waals surface area contributed by atoms with E-state index in [1.165, 1.54) is 16.8 Å². The highest BCUT2D eigenvalue weighted by Gasteiger charge is 2.61. The molecule has 0 radical (unpaired) electrons. The van der Waals surface area contributed by atoms with Crippen LogP contribution in [0.2, 0.25) is 18.1 Å². The van der Waals surface area contributed by atoms with Crippen LogP contribution in [-0.2, 0) is 10.8 Å². The van der Waals surface area contributed by atoms with E-state index in [2.05, 4.69) is 73.9 Å². The molecule has 0 aliphatic heterocycles. The van der Waals surface area contributed by atoms with Gasteiger partial charge in [0.05, 0.1) is 35.0 Å². The molecule has 0 amide bonds. The van der Waals surface area contributed by atoms with Crippen molar-refractivity contribution in [3.8, 4) is 5.69 Å². The summed E-state index contributed by atoms with van der Waals surface area (Å²) in [5, 5.41) is 16.4. The lowest BCUT2D eigenvalue weighted by Gasteiger charge is -2.52. The van der Waals surface area contributed by atoms with Gasteiger partial charge < -0.3 is 9.53 Å². The van der Waals surface area contributed by atoms with Crippen LogP contribution in [0.15, 0.2) is 66.5 Å². The van der Waals surface area contributed by atoms with Gasteiger partial charge in [-0.1, -0.05) is 57.5 Å². The monoisotopic (exact) mass is 515 g/mol. The number of aliphatic hydroxyl groups is 1. The minimum atomic E-state index is -1.98. The van der Waals surface area contributed by atoms with Crippen LogP contribution in [0, 0.1) is 5.41 Å². The highest BCUT2D eigenvalue weighted by molar-refractivity contribution is 6.73. The zero-order chi connectivity index (χ0) is 26.1. The molecule has 6 heteroatoms. The summed E-state index contributed by atoms with van der Waals surface area (Å²) in [6.07, 6.45) is 9.94. The second-order valence-corrected chi connectivity index (χ2v) is 15.6. The fraction of sp³-hybridized carbons (Fsp3) is 0.484. The third-order valence-electron chi connectivity index (χ3n) is 9.48. The van der Waals surface area contributed by atoms with E-state index in [0.717, 1.165) is 55.2 Å². The van der Waals surface area contributed by atoms with Gasteiger partial charge in [0.1, 0.15) is 0 Å². The fourth-order valence-electron chi connectivity index (χ4n) is 7.07. The lowest BCUT2D eigenvalue weighted by molar-refractivity contribution is -0.0710. The zero-order valence-corrected chi connectivity index (χ0v) is 23.8. The number of aliphatic hydroxyl groups excluding tert-OH is 1. The molecule has 2 aliphatic rings. The molecule has 0 spiro atoms. The summed E-state index contributed by atoms with van der Waals surface area (Å²) < 4.78 is 9.66. The van der Waals surface area contributed by atoms with Gasteiger partial charge in [0.25, 0.3) is 0 Å². The van der Waals surface area contributed by atoms with Crippen LogP contribution in [0.3, 0.4) is 0 Å². The largest absolute Gasteiger partial charge is 0.410 e. The smallest absolute Gasteiger partial charge is 0.192 e. The summed E-state index contributed by atoms with van der Waals surface area (Å²) >= 11 is 0. The molecular weight excluding hydrogens is 474 g/mol. The van der Waals surface area contributed by atoms with Gasteiger partial charge in [-0.3, -0.25) is 4.98 Å². The minimum Gasteiger partial charge on any atom is -0.410 e. The SMILES string of the molecule is CCC12Cc3cnn(-c4ccccc4)c3C=C1CCC2(CC(O)c1ccccn1)O[Si](CC)(CC)CC. The molecule has 0 bridgehead atoms. The van der Waals surface area contributed by atoms with Gasteiger partial charge in [-0.25, -0.2) is 4.68 Å². The fourth-order valence-corrected chi connectivity index (χ4v) is 10.2. The van der Waals surface area contributed by atoms with Gasteiger partial charge >= 0.3 is 0 Å². The number of aromatic nitrogens is 3. The van der Waals surface area contributed by atoms with Gasteiger partial charge in [-0.15, -0.1) is 0 Å². The van der Waals surface area contributed by atoms with Crippen LogP contribution in [0.25, 0.3) is 11.8 Å². The highest BCUT2D eigenvalue weighted by atomic mass is 28.4. The van der Waals surface area contributed by atoms with Crippen LogP contribution >= 0.6 is 0 Å². The molecule has 1 N–H and O–H groups in total. The molecule has 3 unspecified atom stereocenters. The van der Waals surface area contributed by atoms with E-state index in [9.17, 15) is 5.11 Å². The normalized spacial score (nSPS) is 23.9. The molecule has 5 nitrogen and oxygen atoms in total. The predicted molar refractivity (Wildman–Crippen MR) is 152 cm³/mol. The number of hydrogen-bond acceptors (Lipinski definition) is 4. The van der Waals surface area contributed by atoms with Gasteiger partial charge in [-0.05, 0) is 79.7 Å². The van der Waals surface area contributed by atoms with E-state index in [1.54, 1.807) is 6.20 Å². The summed E-state index contributed by atoms with van der Waals surface area (Å²) in [7, 11) is -1.98. The Morgan fingerprint density at radius 1 is 1.03 bits per heavy atom. The topological polar surface area (TPSA) is 60.2 Å². The number of fused-ring (bicyclic) bond motifs is 2. The molecule has 1 saturated carbocycles. The van der Waals surface area contributed by atoms with Crippen LogP contribution in [0.1, 0.15) is 76.4 Å². The Bertz CT molecular complexity index is 1230. The number of pyridine rings is 1. The second kappa shape index (κ2) is 10.3. The van der Waals surface area contributed by atoms with Gasteiger partial charge in [0.2, 0.25) is 0 Å². The Kier molecular flexibility index (Phi) is 7.27. The van der Waals surface area contributed by atoms with Crippen molar-refractivity contribution < 1.29 is 9.53 Å². The van der Waals surface area contributed by atoms with Crippen molar-refractivity contribution in [1.82, 2.24) is 14.8 Å². The first-order valence-electron chi connectivity index (χ1n) is 14.1. The molecule has 2 aliphatic carbocycles. The quantitative estimate of drug-likeness (QED) is 0.288. The van der Waals surface area contributed by atoms with Crippen molar-refractivity contribution >= 4 is 14.4 Å². The molecule has 0 saturated heterocycles. The lowest BCUT2D eigenvalue weighted by Crippen LogP contribution is -2.56. The standard InChI is InChI=1S/C31H41N3O2Si/c1-5-30-21-24-23-33-34(26-14-10-9-11-15-26)28(24)20-25(30)17-18-31(30,36-37(6-2,7-3)8-4)22-29(35)27-16-12-13-19-32-27/h9-16,19-20,23,29,35H,5-8,17-18,21-22H2,1-4H3. The third-order valence-corrected chi connectivity index (χ3v) is 14.2. The molecule has 37 heavy (non-hydrogen) atoms. The van der Waals surface area contributed by atoms with Crippen LogP contribution in [0.5, 0.6) is 0 Å². The first-order chi connectivity index (χ1) is 18.0. The highest BCUT2D eigenvalue weighted by Crippen LogP contribution is 2.62. The van der Waals surface area contributed by atoms with E-state index >= 15 is 0 Å². The van der Waals surface area contributed by atoms with Crippen molar-refractivity contribution in [1.29, 1.82) is 0 Å². The molecule has 196 valence electrons. The molecule has 3 atom stereocenters. The third kappa shape index (κ3) is 4.33. The maximum absolute atomic E-state index is 11.5. The Labute approximate surface area is 222 Å². The van der Waals surface area contributed by atoms with Gasteiger partial charge in [0.15, 0.2) is 8.32 Å². The van der Waals surface area contributed by atoms with Crippen LogP contribution in [-0.4, -0.2) is 33.8 Å². The predicted octanol–water partition coefficient (Wildman–Crippen LogP) is 7.28. The Morgan fingerprint density at radius 3 is 2.41 bits per heavy atom. The van der Waals surface area contributed by atoms with E-state index in [-0.39, 0.29) is 5.41 Å². The summed E-state index contributed by atoms with van der Waals surface area (Å²) in [4.78, 5) is 4.51. The second-order valence-electron chi connectivity index (χ2n) is 10.9. The molecule has 1 fully saturated rings. The molecule has 2 heterocycles. The number of para-hydroxylation sites is 1. The molecule has 3 aromatic rings. The zero-order valence-electron chi connectivity index (χ0n) is 22.8.